The van der Waals surface area contributed by atoms with Crippen LogP contribution in [0.5, 0.6) is 0 Å². The van der Waals surface area contributed by atoms with Gasteiger partial charge in [-0.2, -0.15) is 0 Å². The van der Waals surface area contributed by atoms with Crippen molar-refractivity contribution in [1.82, 2.24) is 9.97 Å². The van der Waals surface area contributed by atoms with Crippen LogP contribution >= 0.6 is 22.9 Å². The van der Waals surface area contributed by atoms with Gasteiger partial charge in [-0.05, 0) is 11.4 Å². The van der Waals surface area contributed by atoms with E-state index >= 15 is 0 Å². The van der Waals surface area contributed by atoms with Crippen molar-refractivity contribution < 1.29 is 9.90 Å². The Hall–Kier alpha value is -1.20. The molecular weight excluding hydrogens is 236 g/mol. The first-order chi connectivity index (χ1) is 7.16. The van der Waals surface area contributed by atoms with Crippen LogP contribution in [0, 0.1) is 0 Å². The van der Waals surface area contributed by atoms with Crippen molar-refractivity contribution in [2.75, 3.05) is 0 Å². The molecule has 2 heterocycles. The molecule has 0 aromatic carbocycles. The SMILES string of the molecule is O=C(O)CCc1nc(Cl)c2ccsc2n1. The lowest BCUT2D eigenvalue weighted by Crippen LogP contribution is -2.01. The second-order valence-electron chi connectivity index (χ2n) is 2.96. The number of rotatable bonds is 3. The molecule has 0 saturated heterocycles. The van der Waals surface area contributed by atoms with E-state index in [1.807, 2.05) is 11.4 Å². The van der Waals surface area contributed by atoms with Gasteiger partial charge in [0.1, 0.15) is 15.8 Å². The van der Waals surface area contributed by atoms with E-state index in [9.17, 15) is 4.79 Å². The highest BCUT2D eigenvalue weighted by molar-refractivity contribution is 7.16. The van der Waals surface area contributed by atoms with E-state index < -0.39 is 5.97 Å². The van der Waals surface area contributed by atoms with Crippen LogP contribution in [0.2, 0.25) is 5.15 Å². The van der Waals surface area contributed by atoms with Gasteiger partial charge in [-0.25, -0.2) is 9.97 Å². The molecule has 2 aromatic heterocycles. The van der Waals surface area contributed by atoms with E-state index in [0.717, 1.165) is 10.2 Å². The Morgan fingerprint density at radius 2 is 2.33 bits per heavy atom. The summed E-state index contributed by atoms with van der Waals surface area (Å²) >= 11 is 7.39. The van der Waals surface area contributed by atoms with E-state index in [0.29, 0.717) is 17.4 Å². The third kappa shape index (κ3) is 2.24. The summed E-state index contributed by atoms with van der Waals surface area (Å²) in [6, 6.07) is 1.85. The third-order valence-electron chi connectivity index (χ3n) is 1.89. The van der Waals surface area contributed by atoms with Gasteiger partial charge in [0.25, 0.3) is 0 Å². The number of aliphatic carboxylic acids is 1. The predicted octanol–water partition coefficient (Wildman–Crippen LogP) is 2.36. The molecule has 6 heteroatoms. The van der Waals surface area contributed by atoms with Crippen LogP contribution in [0.15, 0.2) is 11.4 Å². The number of aryl methyl sites for hydroxylation is 1. The second-order valence-corrected chi connectivity index (χ2v) is 4.22. The molecule has 0 aliphatic heterocycles. The number of carbonyl (C=O) groups is 1. The normalized spacial score (nSPS) is 10.7. The minimum atomic E-state index is -0.860. The number of nitrogens with zero attached hydrogens (tertiary/aromatic N) is 2. The van der Waals surface area contributed by atoms with Gasteiger partial charge in [-0.3, -0.25) is 4.79 Å². The lowest BCUT2D eigenvalue weighted by Gasteiger charge is -1.99. The van der Waals surface area contributed by atoms with Crippen LogP contribution in [0.4, 0.5) is 0 Å². The fraction of sp³-hybridized carbons (Fsp3) is 0.222. The summed E-state index contributed by atoms with van der Waals surface area (Å²) in [5, 5.41) is 11.6. The maximum atomic E-state index is 10.4. The maximum Gasteiger partial charge on any atom is 0.303 e. The Labute approximate surface area is 94.5 Å². The lowest BCUT2D eigenvalue weighted by molar-refractivity contribution is -0.137. The summed E-state index contributed by atoms with van der Waals surface area (Å²) in [5.74, 6) is -0.377. The van der Waals surface area contributed by atoms with Crippen LogP contribution in [0.1, 0.15) is 12.2 Å². The molecule has 4 nitrogen and oxygen atoms in total. The zero-order valence-corrected chi connectivity index (χ0v) is 9.18. The molecule has 0 radical (unpaired) electrons. The van der Waals surface area contributed by atoms with Gasteiger partial charge in [-0.1, -0.05) is 11.6 Å². The summed E-state index contributed by atoms with van der Waals surface area (Å²) in [7, 11) is 0. The smallest absolute Gasteiger partial charge is 0.303 e. The topological polar surface area (TPSA) is 63.1 Å². The van der Waals surface area contributed by atoms with Crippen molar-refractivity contribution in [3.05, 3.63) is 22.4 Å². The van der Waals surface area contributed by atoms with Crippen molar-refractivity contribution in [1.29, 1.82) is 0 Å². The van der Waals surface area contributed by atoms with Crippen LogP contribution in [-0.4, -0.2) is 21.0 Å². The first kappa shape index (κ1) is 10.3. The summed E-state index contributed by atoms with van der Waals surface area (Å²) in [5.41, 5.74) is 0. The molecule has 0 fully saturated rings. The van der Waals surface area contributed by atoms with Gasteiger partial charge in [0.05, 0.1) is 6.42 Å². The number of thiophene rings is 1. The van der Waals surface area contributed by atoms with Gasteiger partial charge in [0.2, 0.25) is 0 Å². The molecule has 0 saturated carbocycles. The Morgan fingerprint density at radius 1 is 1.53 bits per heavy atom. The van der Waals surface area contributed by atoms with Crippen molar-refractivity contribution in [2.24, 2.45) is 0 Å². The average Bonchev–Trinajstić information content (AvgIpc) is 2.63. The molecule has 0 spiro atoms. The molecule has 15 heavy (non-hydrogen) atoms. The number of halogens is 1. The van der Waals surface area contributed by atoms with E-state index in [4.69, 9.17) is 16.7 Å². The van der Waals surface area contributed by atoms with E-state index in [-0.39, 0.29) is 6.42 Å². The number of carboxylic acids is 1. The Bertz CT molecular complexity index is 512. The highest BCUT2D eigenvalue weighted by atomic mass is 35.5. The van der Waals surface area contributed by atoms with Gasteiger partial charge in [0, 0.05) is 11.8 Å². The number of hydrogen-bond acceptors (Lipinski definition) is 4. The summed E-state index contributed by atoms with van der Waals surface area (Å²) in [6.07, 6.45) is 0.329. The van der Waals surface area contributed by atoms with Gasteiger partial charge in [0.15, 0.2) is 0 Å². The van der Waals surface area contributed by atoms with Crippen molar-refractivity contribution in [3.8, 4) is 0 Å². The van der Waals surface area contributed by atoms with Crippen molar-refractivity contribution in [2.45, 2.75) is 12.8 Å². The Morgan fingerprint density at radius 3 is 3.07 bits per heavy atom. The van der Waals surface area contributed by atoms with Crippen LogP contribution in [0.3, 0.4) is 0 Å². The monoisotopic (exact) mass is 242 g/mol. The Balaban J connectivity index is 2.32. The maximum absolute atomic E-state index is 10.4. The molecule has 0 unspecified atom stereocenters. The fourth-order valence-corrected chi connectivity index (χ4v) is 2.28. The standard InChI is InChI=1S/C9H7ClN2O2S/c10-8-5-3-4-15-9(5)12-6(11-8)1-2-7(13)14/h3-4H,1-2H2,(H,13,14). The summed E-state index contributed by atoms with van der Waals surface area (Å²) in [4.78, 5) is 19.5. The molecular formula is C9H7ClN2O2S. The second kappa shape index (κ2) is 4.12. The largest absolute Gasteiger partial charge is 0.481 e. The molecule has 0 atom stereocenters. The third-order valence-corrected chi connectivity index (χ3v) is 2.98. The molecule has 1 N–H and O–H groups in total. The van der Waals surface area contributed by atoms with E-state index in [2.05, 4.69) is 9.97 Å². The molecule has 0 aliphatic carbocycles. The average molecular weight is 243 g/mol. The van der Waals surface area contributed by atoms with Crippen LogP contribution < -0.4 is 0 Å². The number of hydrogen-bond donors (Lipinski definition) is 1. The number of fused-ring (bicyclic) bond motifs is 1. The van der Waals surface area contributed by atoms with Crippen LogP contribution in [0.25, 0.3) is 10.2 Å². The van der Waals surface area contributed by atoms with Gasteiger partial charge < -0.3 is 5.11 Å². The lowest BCUT2D eigenvalue weighted by atomic mass is 10.3. The van der Waals surface area contributed by atoms with Gasteiger partial charge >= 0.3 is 5.97 Å². The first-order valence-electron chi connectivity index (χ1n) is 4.28. The molecule has 78 valence electrons. The first-order valence-corrected chi connectivity index (χ1v) is 5.54. The quantitative estimate of drug-likeness (QED) is 0.840. The minimum absolute atomic E-state index is 0.0210. The molecule has 0 amide bonds. The molecule has 2 aromatic rings. The summed E-state index contributed by atoms with van der Waals surface area (Å²) in [6.45, 7) is 0. The number of aromatic nitrogens is 2. The molecule has 0 bridgehead atoms. The van der Waals surface area contributed by atoms with Gasteiger partial charge in [-0.15, -0.1) is 11.3 Å². The molecule has 0 aliphatic rings. The Kier molecular flexibility index (Phi) is 2.83. The predicted molar refractivity (Wildman–Crippen MR) is 58.4 cm³/mol. The zero-order chi connectivity index (χ0) is 10.8. The highest BCUT2D eigenvalue weighted by Crippen LogP contribution is 2.24. The minimum Gasteiger partial charge on any atom is -0.481 e. The van der Waals surface area contributed by atoms with Crippen molar-refractivity contribution >= 4 is 39.1 Å². The number of carboxylic acid groups (broad SMARTS) is 1. The van der Waals surface area contributed by atoms with E-state index in [1.165, 1.54) is 11.3 Å². The summed E-state index contributed by atoms with van der Waals surface area (Å²) < 4.78 is 0. The molecule has 2 rings (SSSR count). The highest BCUT2D eigenvalue weighted by Gasteiger charge is 2.08. The van der Waals surface area contributed by atoms with Crippen molar-refractivity contribution in [3.63, 3.8) is 0 Å². The zero-order valence-electron chi connectivity index (χ0n) is 7.61. The van der Waals surface area contributed by atoms with E-state index in [1.54, 1.807) is 0 Å². The fourth-order valence-electron chi connectivity index (χ4n) is 1.19. The van der Waals surface area contributed by atoms with Crippen LogP contribution in [-0.2, 0) is 11.2 Å².